The highest BCUT2D eigenvalue weighted by Crippen LogP contribution is 2.42. The van der Waals surface area contributed by atoms with Gasteiger partial charge < -0.3 is 56.7 Å². The molecule has 0 radical (unpaired) electrons. The molecule has 354 valence electrons. The maximum absolute atomic E-state index is 13.6. The topological polar surface area (TPSA) is 317 Å². The summed E-state index contributed by atoms with van der Waals surface area (Å²) in [5, 5.41) is 45.8. The first-order valence-corrected chi connectivity index (χ1v) is 20.6. The van der Waals surface area contributed by atoms with Gasteiger partial charge in [-0.1, -0.05) is 0 Å². The first kappa shape index (κ1) is 50.2. The van der Waals surface area contributed by atoms with Crippen molar-refractivity contribution in [1.29, 1.82) is 0 Å². The largest absolute Gasteiger partial charge is 0.504 e. The van der Waals surface area contributed by atoms with Crippen molar-refractivity contribution in [3.8, 4) is 23.0 Å². The van der Waals surface area contributed by atoms with Crippen LogP contribution in [0.25, 0.3) is 0 Å². The number of primary amides is 1. The molecule has 68 heavy (non-hydrogen) atoms. The van der Waals surface area contributed by atoms with E-state index in [0.717, 1.165) is 7.11 Å². The highest BCUT2D eigenvalue weighted by Gasteiger charge is 2.35. The van der Waals surface area contributed by atoms with Crippen molar-refractivity contribution in [3.05, 3.63) is 135 Å². The van der Waals surface area contributed by atoms with E-state index in [1.165, 1.54) is 104 Å². The van der Waals surface area contributed by atoms with Crippen LogP contribution in [0.5, 0.6) is 23.0 Å². The van der Waals surface area contributed by atoms with Gasteiger partial charge in [-0.25, -0.2) is 0 Å². The lowest BCUT2D eigenvalue weighted by Crippen LogP contribution is -2.56. The molecule has 5 aromatic rings. The van der Waals surface area contributed by atoms with E-state index in [9.17, 15) is 53.9 Å². The summed E-state index contributed by atoms with van der Waals surface area (Å²) in [5.74, 6) is -6.85. The van der Waals surface area contributed by atoms with Gasteiger partial charge in [0.25, 0.3) is 29.3 Å². The normalized spacial score (nSPS) is 11.7. The quantitative estimate of drug-likeness (QED) is 0.0277. The molecule has 9 N–H and O–H groups in total. The zero-order valence-corrected chi connectivity index (χ0v) is 37.4. The number of nitrogens with zero attached hydrogens (tertiary/aromatic N) is 1. The molecule has 21 heteroatoms. The van der Waals surface area contributed by atoms with E-state index in [-0.39, 0.29) is 67.8 Å². The number of nitro benzene ring substituents is 1. The molecule has 2 unspecified atom stereocenters. The lowest BCUT2D eigenvalue weighted by molar-refractivity contribution is -0.384. The molecular weight excluding hydrogens is 887 g/mol. The summed E-state index contributed by atoms with van der Waals surface area (Å²) in [6.07, 6.45) is -2.63. The summed E-state index contributed by atoms with van der Waals surface area (Å²) >= 11 is 0. The number of anilines is 4. The smallest absolute Gasteiger partial charge is 0.269 e. The van der Waals surface area contributed by atoms with Crippen LogP contribution in [0.2, 0.25) is 0 Å². The van der Waals surface area contributed by atoms with Gasteiger partial charge in [0.15, 0.2) is 34.9 Å². The number of non-ortho nitro benzene ring substituents is 1. The van der Waals surface area contributed by atoms with Gasteiger partial charge in [0.1, 0.15) is 6.04 Å². The Kier molecular flexibility index (Phi) is 16.1. The second kappa shape index (κ2) is 21.9. The Morgan fingerprint density at radius 3 is 1.47 bits per heavy atom. The molecular formula is C47H47N7O14. The molecule has 0 saturated carbocycles. The SMILES string of the molecule is COC(C(N)=O)C(NC(=O)c1ccc(NC(=O)c2ccc([N+](=O)[O-])cc2)cc1)C(=O)Nc1ccc(C(=O)Nc2ccc(C(=O)Nc3ccc(C(C)=O)c(O)c3OC(C)C)c(O)c2OC(C)C)cc1. The Morgan fingerprint density at radius 2 is 1.01 bits per heavy atom. The number of carbonyl (C=O) groups excluding carboxylic acids is 7. The van der Waals surface area contributed by atoms with Crippen LogP contribution < -0.4 is 41.8 Å². The molecule has 0 aliphatic rings. The number of nitrogens with two attached hydrogens (primary N) is 1. The van der Waals surface area contributed by atoms with Crippen molar-refractivity contribution >= 4 is 69.7 Å². The monoisotopic (exact) mass is 933 g/mol. The van der Waals surface area contributed by atoms with E-state index < -0.39 is 82.0 Å². The molecule has 6 amide bonds. The van der Waals surface area contributed by atoms with Gasteiger partial charge in [0, 0.05) is 47.3 Å². The first-order valence-electron chi connectivity index (χ1n) is 20.6. The van der Waals surface area contributed by atoms with Crippen molar-refractivity contribution in [2.45, 2.75) is 59.0 Å². The number of methoxy groups -OCH3 is 1. The Morgan fingerprint density at radius 1 is 0.588 bits per heavy atom. The minimum absolute atomic E-state index is 0.0114. The zero-order valence-electron chi connectivity index (χ0n) is 37.4. The maximum Gasteiger partial charge on any atom is 0.269 e. The molecule has 2 atom stereocenters. The summed E-state index contributed by atoms with van der Waals surface area (Å²) < 4.78 is 16.7. The molecule has 0 saturated heterocycles. The van der Waals surface area contributed by atoms with Gasteiger partial charge in [0.2, 0.25) is 11.8 Å². The molecule has 5 rings (SSSR count). The molecule has 0 bridgehead atoms. The fourth-order valence-corrected chi connectivity index (χ4v) is 6.39. The number of nitro groups is 1. The van der Waals surface area contributed by atoms with Crippen LogP contribution >= 0.6 is 0 Å². The summed E-state index contributed by atoms with van der Waals surface area (Å²) in [7, 11) is 1.11. The summed E-state index contributed by atoms with van der Waals surface area (Å²) in [5.41, 5.74) is 5.64. The number of ketones is 1. The van der Waals surface area contributed by atoms with Gasteiger partial charge in [-0.15, -0.1) is 0 Å². The van der Waals surface area contributed by atoms with Gasteiger partial charge in [0.05, 0.1) is 39.6 Å². The molecule has 0 aromatic heterocycles. The summed E-state index contributed by atoms with van der Waals surface area (Å²) in [6, 6.07) is 19.4. The van der Waals surface area contributed by atoms with Gasteiger partial charge in [-0.2, -0.15) is 0 Å². The third kappa shape index (κ3) is 12.3. The summed E-state index contributed by atoms with van der Waals surface area (Å²) in [6.45, 7) is 7.94. The molecule has 5 aromatic carbocycles. The Bertz CT molecular complexity index is 2760. The van der Waals surface area contributed by atoms with Crippen molar-refractivity contribution in [2.24, 2.45) is 5.73 Å². The highest BCUT2D eigenvalue weighted by atomic mass is 16.6. The number of benzene rings is 5. The predicted molar refractivity (Wildman–Crippen MR) is 247 cm³/mol. The standard InChI is InChI=1S/C47H47N7O14/c1-23(2)67-39-35(21-19-32(25(5)55)37(39)56)52-46(62)33-20-22-34(40(38(33)57)68-24(3)4)51-44(60)26-7-15-30(16-8-26)50-47(63)36(41(66-6)42(48)58)53-45(61)27-9-13-29(14-10-27)49-43(59)28-11-17-31(18-12-28)54(64)65/h7-24,36,41,56-57H,1-6H3,(H2,48,58)(H,49,59)(H,50,63)(H,51,60)(H,52,62)(H,53,61). The van der Waals surface area contributed by atoms with Gasteiger partial charge in [-0.3, -0.25) is 43.7 Å². The van der Waals surface area contributed by atoms with Crippen molar-refractivity contribution in [1.82, 2.24) is 5.32 Å². The van der Waals surface area contributed by atoms with Crippen LogP contribution in [0, 0.1) is 10.1 Å². The average Bonchev–Trinajstić information content (AvgIpc) is 3.28. The number of rotatable bonds is 19. The second-order valence-corrected chi connectivity index (χ2v) is 15.4. The summed E-state index contributed by atoms with van der Waals surface area (Å²) in [4.78, 5) is 101. The molecule has 0 aliphatic heterocycles. The maximum atomic E-state index is 13.6. The molecule has 0 fully saturated rings. The molecule has 0 aliphatic carbocycles. The number of amides is 6. The van der Waals surface area contributed by atoms with Crippen molar-refractivity contribution in [2.75, 3.05) is 28.4 Å². The molecule has 21 nitrogen and oxygen atoms in total. The fraction of sp³-hybridized carbons (Fsp3) is 0.213. The van der Waals surface area contributed by atoms with Crippen LogP contribution in [0.15, 0.2) is 97.1 Å². The Hall–Kier alpha value is -8.85. The third-order valence-corrected chi connectivity index (χ3v) is 9.66. The average molecular weight is 934 g/mol. The van der Waals surface area contributed by atoms with Crippen LogP contribution in [-0.4, -0.2) is 87.8 Å². The van der Waals surface area contributed by atoms with Crippen LogP contribution in [0.4, 0.5) is 28.4 Å². The fourth-order valence-electron chi connectivity index (χ4n) is 6.39. The lowest BCUT2D eigenvalue weighted by atomic mass is 10.1. The number of ether oxygens (including phenoxy) is 3. The Labute approximate surface area is 388 Å². The van der Waals surface area contributed by atoms with E-state index in [1.54, 1.807) is 27.7 Å². The number of hydrogen-bond donors (Lipinski definition) is 8. The predicted octanol–water partition coefficient (Wildman–Crippen LogP) is 5.78. The number of phenols is 2. The van der Waals surface area contributed by atoms with E-state index in [1.807, 2.05) is 0 Å². The number of Topliss-reactive ketones (excluding diaryl/α,β-unsaturated/α-hetero) is 1. The van der Waals surface area contributed by atoms with Crippen LogP contribution in [-0.2, 0) is 14.3 Å². The second-order valence-electron chi connectivity index (χ2n) is 15.4. The number of phenolic OH excluding ortho intramolecular Hbond substituents is 2. The van der Waals surface area contributed by atoms with Crippen LogP contribution in [0.3, 0.4) is 0 Å². The molecule has 0 spiro atoms. The number of aromatic hydroxyl groups is 2. The number of hydrogen-bond acceptors (Lipinski definition) is 14. The van der Waals surface area contributed by atoms with Gasteiger partial charge >= 0.3 is 0 Å². The zero-order chi connectivity index (χ0) is 50.0. The highest BCUT2D eigenvalue weighted by molar-refractivity contribution is 6.11. The van der Waals surface area contributed by atoms with E-state index in [2.05, 4.69) is 26.6 Å². The van der Waals surface area contributed by atoms with E-state index in [4.69, 9.17) is 19.9 Å². The minimum atomic E-state index is -1.67. The molecule has 0 heterocycles. The number of carbonyl (C=O) groups is 7. The Balaban J connectivity index is 1.28. The van der Waals surface area contributed by atoms with E-state index in [0.29, 0.717) is 0 Å². The van der Waals surface area contributed by atoms with Crippen LogP contribution in [0.1, 0.15) is 86.4 Å². The number of nitrogens with one attached hydrogen (secondary N) is 5. The van der Waals surface area contributed by atoms with E-state index >= 15 is 0 Å². The van der Waals surface area contributed by atoms with Gasteiger partial charge in [-0.05, 0) is 120 Å². The first-order chi connectivity index (χ1) is 32.2. The van der Waals surface area contributed by atoms with Crippen molar-refractivity contribution < 1.29 is 62.9 Å². The third-order valence-electron chi connectivity index (χ3n) is 9.66. The van der Waals surface area contributed by atoms with Crippen molar-refractivity contribution in [3.63, 3.8) is 0 Å². The lowest BCUT2D eigenvalue weighted by Gasteiger charge is -2.24. The minimum Gasteiger partial charge on any atom is -0.504 e.